The van der Waals surface area contributed by atoms with Gasteiger partial charge in [-0.2, -0.15) is 0 Å². The molecular weight excluding hydrogens is 188 g/mol. The van der Waals surface area contributed by atoms with E-state index in [-0.39, 0.29) is 17.4 Å². The summed E-state index contributed by atoms with van der Waals surface area (Å²) < 4.78 is 0. The van der Waals surface area contributed by atoms with Gasteiger partial charge in [-0.25, -0.2) is 0 Å². The van der Waals surface area contributed by atoms with Crippen molar-refractivity contribution in [2.24, 2.45) is 11.7 Å². The van der Waals surface area contributed by atoms with Gasteiger partial charge in [0.1, 0.15) is 0 Å². The van der Waals surface area contributed by atoms with Crippen LogP contribution in [-0.2, 0) is 4.79 Å². The van der Waals surface area contributed by atoms with Crippen LogP contribution in [0.1, 0.15) is 53.4 Å². The summed E-state index contributed by atoms with van der Waals surface area (Å²) in [4.78, 5) is 11.8. The minimum absolute atomic E-state index is 0.0476. The number of amides is 1. The maximum absolute atomic E-state index is 11.8. The third kappa shape index (κ3) is 5.17. The van der Waals surface area contributed by atoms with Crippen LogP contribution in [0.15, 0.2) is 0 Å². The molecule has 0 saturated heterocycles. The maximum atomic E-state index is 11.8. The third-order valence-corrected chi connectivity index (χ3v) is 3.27. The zero-order valence-electron chi connectivity index (χ0n) is 10.6. The second kappa shape index (κ2) is 6.83. The summed E-state index contributed by atoms with van der Waals surface area (Å²) >= 11 is 0. The average Bonchev–Trinajstić information content (AvgIpc) is 2.25. The number of hydrogen-bond acceptors (Lipinski definition) is 2. The first-order chi connectivity index (χ1) is 6.99. The van der Waals surface area contributed by atoms with Crippen LogP contribution in [0, 0.1) is 5.92 Å². The van der Waals surface area contributed by atoms with E-state index in [0.717, 1.165) is 25.7 Å². The van der Waals surface area contributed by atoms with E-state index < -0.39 is 0 Å². The van der Waals surface area contributed by atoms with Crippen molar-refractivity contribution >= 4 is 5.91 Å². The Morgan fingerprint density at radius 2 is 1.93 bits per heavy atom. The normalized spacial score (nSPS) is 13.7. The standard InChI is InChI=1S/C12H26N2O/c1-5-12(4,6-2)14-11(15)10(3)8-7-9-13/h10H,5-9,13H2,1-4H3,(H,14,15). The molecule has 0 radical (unpaired) electrons. The summed E-state index contributed by atoms with van der Waals surface area (Å²) in [5.41, 5.74) is 5.38. The van der Waals surface area contributed by atoms with Gasteiger partial charge in [0.15, 0.2) is 0 Å². The van der Waals surface area contributed by atoms with Crippen molar-refractivity contribution in [3.63, 3.8) is 0 Å². The van der Waals surface area contributed by atoms with Crippen LogP contribution in [0.2, 0.25) is 0 Å². The Morgan fingerprint density at radius 1 is 1.40 bits per heavy atom. The molecule has 90 valence electrons. The minimum Gasteiger partial charge on any atom is -0.351 e. The Balaban J connectivity index is 4.10. The van der Waals surface area contributed by atoms with Crippen molar-refractivity contribution in [2.75, 3.05) is 6.54 Å². The summed E-state index contributed by atoms with van der Waals surface area (Å²) in [5, 5.41) is 3.12. The molecule has 0 aromatic heterocycles. The smallest absolute Gasteiger partial charge is 0.223 e. The van der Waals surface area contributed by atoms with E-state index in [1.54, 1.807) is 0 Å². The highest BCUT2D eigenvalue weighted by atomic mass is 16.2. The highest BCUT2D eigenvalue weighted by Gasteiger charge is 2.24. The summed E-state index contributed by atoms with van der Waals surface area (Å²) in [7, 11) is 0. The number of hydrogen-bond donors (Lipinski definition) is 2. The van der Waals surface area contributed by atoms with Crippen molar-refractivity contribution < 1.29 is 4.79 Å². The zero-order valence-corrected chi connectivity index (χ0v) is 10.6. The molecule has 0 aliphatic rings. The van der Waals surface area contributed by atoms with Gasteiger partial charge >= 0.3 is 0 Å². The molecule has 1 unspecified atom stereocenters. The first-order valence-electron chi connectivity index (χ1n) is 6.01. The van der Waals surface area contributed by atoms with E-state index in [0.29, 0.717) is 6.54 Å². The molecule has 0 saturated carbocycles. The Hall–Kier alpha value is -0.570. The molecular formula is C12H26N2O. The van der Waals surface area contributed by atoms with E-state index in [1.807, 2.05) is 6.92 Å². The predicted molar refractivity (Wildman–Crippen MR) is 64.6 cm³/mol. The van der Waals surface area contributed by atoms with E-state index in [2.05, 4.69) is 26.1 Å². The molecule has 0 spiro atoms. The second-order valence-electron chi connectivity index (χ2n) is 4.59. The van der Waals surface area contributed by atoms with Gasteiger partial charge in [0.25, 0.3) is 0 Å². The number of nitrogens with one attached hydrogen (secondary N) is 1. The van der Waals surface area contributed by atoms with Crippen molar-refractivity contribution in [1.29, 1.82) is 0 Å². The third-order valence-electron chi connectivity index (χ3n) is 3.27. The summed E-state index contributed by atoms with van der Waals surface area (Å²) in [6.07, 6.45) is 3.74. The van der Waals surface area contributed by atoms with Gasteiger partial charge in [0, 0.05) is 11.5 Å². The van der Waals surface area contributed by atoms with Crippen LogP contribution in [0.25, 0.3) is 0 Å². The number of carbonyl (C=O) groups excluding carboxylic acids is 1. The van der Waals surface area contributed by atoms with E-state index >= 15 is 0 Å². The van der Waals surface area contributed by atoms with Gasteiger partial charge in [-0.15, -0.1) is 0 Å². The lowest BCUT2D eigenvalue weighted by atomic mass is 9.94. The molecule has 3 N–H and O–H groups in total. The van der Waals surface area contributed by atoms with E-state index in [4.69, 9.17) is 5.73 Å². The highest BCUT2D eigenvalue weighted by molar-refractivity contribution is 5.79. The first kappa shape index (κ1) is 14.4. The molecule has 0 fully saturated rings. The van der Waals surface area contributed by atoms with Crippen LogP contribution in [0.5, 0.6) is 0 Å². The van der Waals surface area contributed by atoms with E-state index in [1.165, 1.54) is 0 Å². The highest BCUT2D eigenvalue weighted by Crippen LogP contribution is 2.15. The van der Waals surface area contributed by atoms with Crippen LogP contribution < -0.4 is 11.1 Å². The Morgan fingerprint density at radius 3 is 2.33 bits per heavy atom. The summed E-state index contributed by atoms with van der Waals surface area (Å²) in [6, 6.07) is 0. The first-order valence-corrected chi connectivity index (χ1v) is 6.01. The lowest BCUT2D eigenvalue weighted by molar-refractivity contribution is -0.126. The minimum atomic E-state index is -0.0476. The van der Waals surface area contributed by atoms with Crippen molar-refractivity contribution in [3.05, 3.63) is 0 Å². The fraction of sp³-hybridized carbons (Fsp3) is 0.917. The molecule has 15 heavy (non-hydrogen) atoms. The molecule has 0 aromatic rings. The fourth-order valence-electron chi connectivity index (χ4n) is 1.40. The van der Waals surface area contributed by atoms with Crippen LogP contribution in [0.3, 0.4) is 0 Å². The predicted octanol–water partition coefficient (Wildman–Crippen LogP) is 2.06. The van der Waals surface area contributed by atoms with Crippen molar-refractivity contribution in [1.82, 2.24) is 5.32 Å². The van der Waals surface area contributed by atoms with Gasteiger partial charge in [-0.05, 0) is 39.2 Å². The molecule has 0 aliphatic heterocycles. The van der Waals surface area contributed by atoms with Crippen LogP contribution in [-0.4, -0.2) is 18.0 Å². The number of nitrogens with two attached hydrogens (primary N) is 1. The van der Waals surface area contributed by atoms with Gasteiger partial charge in [0.05, 0.1) is 0 Å². The Bertz CT molecular complexity index is 188. The molecule has 0 aliphatic carbocycles. The lowest BCUT2D eigenvalue weighted by Gasteiger charge is -2.29. The molecule has 0 rings (SSSR count). The van der Waals surface area contributed by atoms with Gasteiger partial charge in [-0.1, -0.05) is 20.8 Å². The maximum Gasteiger partial charge on any atom is 0.223 e. The topological polar surface area (TPSA) is 55.1 Å². The molecule has 0 bridgehead atoms. The van der Waals surface area contributed by atoms with Gasteiger partial charge in [0.2, 0.25) is 5.91 Å². The second-order valence-corrected chi connectivity index (χ2v) is 4.59. The molecule has 3 heteroatoms. The molecule has 1 atom stereocenters. The molecule has 0 aromatic carbocycles. The molecule has 1 amide bonds. The quantitative estimate of drug-likeness (QED) is 0.681. The SMILES string of the molecule is CCC(C)(CC)NC(=O)C(C)CCCN. The van der Waals surface area contributed by atoms with Crippen LogP contribution in [0.4, 0.5) is 0 Å². The zero-order chi connectivity index (χ0) is 11.9. The fourth-order valence-corrected chi connectivity index (χ4v) is 1.40. The van der Waals surface area contributed by atoms with E-state index in [9.17, 15) is 4.79 Å². The number of carbonyl (C=O) groups is 1. The largest absolute Gasteiger partial charge is 0.351 e. The number of rotatable bonds is 7. The summed E-state index contributed by atoms with van der Waals surface area (Å²) in [5.74, 6) is 0.237. The Kier molecular flexibility index (Phi) is 6.57. The molecule has 0 heterocycles. The van der Waals surface area contributed by atoms with Crippen molar-refractivity contribution in [2.45, 2.75) is 58.9 Å². The van der Waals surface area contributed by atoms with Crippen LogP contribution >= 0.6 is 0 Å². The average molecular weight is 214 g/mol. The van der Waals surface area contributed by atoms with Gasteiger partial charge in [-0.3, -0.25) is 4.79 Å². The monoisotopic (exact) mass is 214 g/mol. The van der Waals surface area contributed by atoms with Crippen molar-refractivity contribution in [3.8, 4) is 0 Å². The summed E-state index contributed by atoms with van der Waals surface area (Å²) in [6.45, 7) is 8.94. The lowest BCUT2D eigenvalue weighted by Crippen LogP contribution is -2.47. The molecule has 3 nitrogen and oxygen atoms in total. The Labute approximate surface area is 93.8 Å². The van der Waals surface area contributed by atoms with Gasteiger partial charge < -0.3 is 11.1 Å².